The molecule has 0 unspecified atom stereocenters. The maximum Gasteiger partial charge on any atom is 0.295 e. The number of benzene rings is 2. The Balaban J connectivity index is 1.87. The third-order valence-corrected chi connectivity index (χ3v) is 6.79. The van der Waals surface area contributed by atoms with Gasteiger partial charge in [0.05, 0.1) is 50.6 Å². The number of rotatable bonds is 9. The first-order chi connectivity index (χ1) is 15.8. The fraction of sp³-hybridized carbons (Fsp3) is 0.350. The SMILES string of the molecule is COc1cc(OC)c(OC)cc1/C=N/Nc1ccc(S(=O)(=O)N2CCOCC2)cc1[N+](=O)[O-]. The molecule has 13 heteroatoms. The second-order valence-electron chi connectivity index (χ2n) is 6.77. The molecule has 178 valence electrons. The molecular formula is C20H24N4O8S. The summed E-state index contributed by atoms with van der Waals surface area (Å²) in [7, 11) is 0.576. The van der Waals surface area contributed by atoms with Crippen LogP contribution in [0.4, 0.5) is 11.4 Å². The monoisotopic (exact) mass is 480 g/mol. The summed E-state index contributed by atoms with van der Waals surface area (Å²) in [6.45, 7) is 0.922. The lowest BCUT2D eigenvalue weighted by molar-refractivity contribution is -0.384. The molecule has 1 fully saturated rings. The molecule has 0 radical (unpaired) electrons. The van der Waals surface area contributed by atoms with Crippen LogP contribution in [-0.2, 0) is 14.8 Å². The van der Waals surface area contributed by atoms with Crippen LogP contribution < -0.4 is 19.6 Å². The minimum Gasteiger partial charge on any atom is -0.496 e. The van der Waals surface area contributed by atoms with E-state index >= 15 is 0 Å². The van der Waals surface area contributed by atoms with Crippen molar-refractivity contribution < 1.29 is 32.3 Å². The fourth-order valence-electron chi connectivity index (χ4n) is 3.18. The highest BCUT2D eigenvalue weighted by Gasteiger charge is 2.28. The highest BCUT2D eigenvalue weighted by atomic mass is 32.2. The first-order valence-corrected chi connectivity index (χ1v) is 11.2. The Hall–Kier alpha value is -3.42. The van der Waals surface area contributed by atoms with E-state index in [0.29, 0.717) is 22.8 Å². The van der Waals surface area contributed by atoms with Gasteiger partial charge in [-0.2, -0.15) is 9.41 Å². The summed E-state index contributed by atoms with van der Waals surface area (Å²) < 4.78 is 47.9. The van der Waals surface area contributed by atoms with Crippen molar-refractivity contribution in [3.05, 3.63) is 46.0 Å². The predicted octanol–water partition coefficient (Wildman–Crippen LogP) is 2.09. The number of nitro groups is 1. The van der Waals surface area contributed by atoms with Crippen molar-refractivity contribution in [1.82, 2.24) is 4.31 Å². The molecule has 0 aliphatic carbocycles. The predicted molar refractivity (Wildman–Crippen MR) is 120 cm³/mol. The Bertz CT molecular complexity index is 1150. The van der Waals surface area contributed by atoms with Crippen LogP contribution in [-0.4, -0.2) is 71.5 Å². The van der Waals surface area contributed by atoms with Crippen LogP contribution in [0.15, 0.2) is 40.3 Å². The molecule has 0 spiro atoms. The molecule has 2 aromatic rings. The van der Waals surface area contributed by atoms with E-state index in [1.165, 1.54) is 44.0 Å². The van der Waals surface area contributed by atoms with Gasteiger partial charge in [-0.3, -0.25) is 15.5 Å². The van der Waals surface area contributed by atoms with Crippen molar-refractivity contribution in [3.8, 4) is 17.2 Å². The summed E-state index contributed by atoms with van der Waals surface area (Å²) >= 11 is 0. The topological polar surface area (TPSA) is 142 Å². The molecule has 0 saturated carbocycles. The van der Waals surface area contributed by atoms with Crippen LogP contribution >= 0.6 is 0 Å². The second-order valence-corrected chi connectivity index (χ2v) is 8.71. The van der Waals surface area contributed by atoms with Crippen molar-refractivity contribution in [1.29, 1.82) is 0 Å². The van der Waals surface area contributed by atoms with Crippen LogP contribution in [0, 0.1) is 10.1 Å². The van der Waals surface area contributed by atoms with Gasteiger partial charge in [-0.25, -0.2) is 8.42 Å². The number of hydrogen-bond acceptors (Lipinski definition) is 10. The molecule has 1 heterocycles. The van der Waals surface area contributed by atoms with Crippen LogP contribution in [0.1, 0.15) is 5.56 Å². The van der Waals surface area contributed by atoms with Gasteiger partial charge < -0.3 is 18.9 Å². The van der Waals surface area contributed by atoms with Gasteiger partial charge in [0.1, 0.15) is 11.4 Å². The zero-order chi connectivity index (χ0) is 24.0. The Morgan fingerprint density at radius 2 is 1.70 bits per heavy atom. The normalized spacial score (nSPS) is 14.8. The molecule has 0 atom stereocenters. The molecule has 33 heavy (non-hydrogen) atoms. The fourth-order valence-corrected chi connectivity index (χ4v) is 4.61. The smallest absolute Gasteiger partial charge is 0.295 e. The number of hydrogen-bond donors (Lipinski definition) is 1. The molecule has 0 aromatic heterocycles. The van der Waals surface area contributed by atoms with Gasteiger partial charge in [0.25, 0.3) is 5.69 Å². The summed E-state index contributed by atoms with van der Waals surface area (Å²) in [5.74, 6) is 1.36. The van der Waals surface area contributed by atoms with Gasteiger partial charge in [0, 0.05) is 30.8 Å². The third kappa shape index (κ3) is 5.32. The standard InChI is InChI=1S/C20H24N4O8S/c1-29-18-12-20(31-3)19(30-2)10-14(18)13-21-22-16-5-4-15(11-17(16)24(25)26)33(27,28)23-6-8-32-9-7-23/h4-5,10-13,22H,6-9H2,1-3H3/b21-13+. The number of nitrogens with zero attached hydrogens (tertiary/aromatic N) is 3. The maximum absolute atomic E-state index is 12.8. The molecule has 3 rings (SSSR count). The van der Waals surface area contributed by atoms with Crippen molar-refractivity contribution in [2.45, 2.75) is 4.90 Å². The highest BCUT2D eigenvalue weighted by molar-refractivity contribution is 7.89. The number of methoxy groups -OCH3 is 3. The summed E-state index contributed by atoms with van der Waals surface area (Å²) in [6.07, 6.45) is 1.39. The van der Waals surface area contributed by atoms with Gasteiger partial charge in [-0.05, 0) is 18.2 Å². The molecule has 2 aromatic carbocycles. The quantitative estimate of drug-likeness (QED) is 0.324. The molecule has 1 aliphatic heterocycles. The molecular weight excluding hydrogens is 456 g/mol. The average Bonchev–Trinajstić information content (AvgIpc) is 2.84. The minimum absolute atomic E-state index is 0.0246. The van der Waals surface area contributed by atoms with E-state index in [9.17, 15) is 18.5 Å². The Kier molecular flexibility index (Phi) is 7.68. The van der Waals surface area contributed by atoms with Gasteiger partial charge >= 0.3 is 0 Å². The second kappa shape index (κ2) is 10.5. The third-order valence-electron chi connectivity index (χ3n) is 4.90. The summed E-state index contributed by atoms with van der Waals surface area (Å²) in [5.41, 5.74) is 2.71. The van der Waals surface area contributed by atoms with Crippen LogP contribution in [0.25, 0.3) is 0 Å². The molecule has 12 nitrogen and oxygen atoms in total. The lowest BCUT2D eigenvalue weighted by atomic mass is 10.2. The Morgan fingerprint density at radius 3 is 2.30 bits per heavy atom. The van der Waals surface area contributed by atoms with Crippen LogP contribution in [0.3, 0.4) is 0 Å². The summed E-state index contributed by atoms with van der Waals surface area (Å²) in [5, 5.41) is 15.6. The van der Waals surface area contributed by atoms with Crippen LogP contribution in [0.2, 0.25) is 0 Å². The van der Waals surface area contributed by atoms with Gasteiger partial charge in [0.15, 0.2) is 11.5 Å². The minimum atomic E-state index is -3.88. The summed E-state index contributed by atoms with van der Waals surface area (Å²) in [4.78, 5) is 10.8. The zero-order valence-corrected chi connectivity index (χ0v) is 19.1. The van der Waals surface area contributed by atoms with E-state index in [0.717, 1.165) is 6.07 Å². The number of hydrazone groups is 1. The van der Waals surface area contributed by atoms with E-state index in [-0.39, 0.29) is 36.9 Å². The number of anilines is 1. The number of ether oxygens (including phenoxy) is 4. The van der Waals surface area contributed by atoms with E-state index < -0.39 is 20.6 Å². The number of sulfonamides is 1. The largest absolute Gasteiger partial charge is 0.496 e. The Morgan fingerprint density at radius 1 is 1.06 bits per heavy atom. The molecule has 1 aliphatic rings. The first kappa shape index (κ1) is 24.2. The number of nitro benzene ring substituents is 1. The van der Waals surface area contributed by atoms with Crippen LogP contribution in [0.5, 0.6) is 17.2 Å². The van der Waals surface area contributed by atoms with Crippen molar-refractivity contribution in [2.24, 2.45) is 5.10 Å². The van der Waals surface area contributed by atoms with E-state index in [2.05, 4.69) is 10.5 Å². The van der Waals surface area contributed by atoms with Gasteiger partial charge in [-0.15, -0.1) is 0 Å². The molecule has 0 bridgehead atoms. The van der Waals surface area contributed by atoms with E-state index in [1.54, 1.807) is 12.1 Å². The summed E-state index contributed by atoms with van der Waals surface area (Å²) in [6, 6.07) is 6.87. The lowest BCUT2D eigenvalue weighted by Gasteiger charge is -2.26. The number of morpholine rings is 1. The maximum atomic E-state index is 12.8. The van der Waals surface area contributed by atoms with Crippen molar-refractivity contribution >= 4 is 27.6 Å². The highest BCUT2D eigenvalue weighted by Crippen LogP contribution is 2.34. The Labute approximate surface area is 190 Å². The van der Waals surface area contributed by atoms with Crippen molar-refractivity contribution in [3.63, 3.8) is 0 Å². The first-order valence-electron chi connectivity index (χ1n) is 9.77. The lowest BCUT2D eigenvalue weighted by Crippen LogP contribution is -2.40. The molecule has 1 saturated heterocycles. The van der Waals surface area contributed by atoms with Gasteiger partial charge in [0.2, 0.25) is 10.0 Å². The number of nitrogens with one attached hydrogen (secondary N) is 1. The zero-order valence-electron chi connectivity index (χ0n) is 18.3. The van der Waals surface area contributed by atoms with E-state index in [4.69, 9.17) is 18.9 Å². The van der Waals surface area contributed by atoms with Gasteiger partial charge in [-0.1, -0.05) is 0 Å². The molecule has 0 amide bonds. The average molecular weight is 480 g/mol. The molecule has 1 N–H and O–H groups in total. The van der Waals surface area contributed by atoms with Crippen molar-refractivity contribution in [2.75, 3.05) is 53.1 Å². The van der Waals surface area contributed by atoms with E-state index in [1.807, 2.05) is 0 Å².